The van der Waals surface area contributed by atoms with Crippen LogP contribution in [0.15, 0.2) is 24.3 Å². The first-order chi connectivity index (χ1) is 11.0. The fourth-order valence-corrected chi connectivity index (χ4v) is 3.07. The van der Waals surface area contributed by atoms with Gasteiger partial charge in [0.1, 0.15) is 11.2 Å². The van der Waals surface area contributed by atoms with Crippen LogP contribution in [0.4, 0.5) is 0 Å². The lowest BCUT2D eigenvalue weighted by Crippen LogP contribution is -2.34. The molecule has 2 heterocycles. The molecule has 116 valence electrons. The quantitative estimate of drug-likeness (QED) is 0.420. The zero-order chi connectivity index (χ0) is 16.6. The van der Waals surface area contributed by atoms with E-state index in [1.165, 1.54) is 5.56 Å². The van der Waals surface area contributed by atoms with E-state index in [2.05, 4.69) is 24.2 Å². The van der Waals surface area contributed by atoms with Crippen molar-refractivity contribution < 1.29 is 8.27 Å². The molecule has 0 aliphatic rings. The van der Waals surface area contributed by atoms with E-state index < -0.39 is 0 Å². The summed E-state index contributed by atoms with van der Waals surface area (Å²) in [6.45, 7) is 7.93. The van der Waals surface area contributed by atoms with Gasteiger partial charge in [-0.25, -0.2) is 4.68 Å². The number of aromatic nitrogens is 4. The molecular formula is C16H16N5OS+. The third-order valence-electron chi connectivity index (χ3n) is 3.77. The molecule has 0 amide bonds. The summed E-state index contributed by atoms with van der Waals surface area (Å²) in [4.78, 5) is 0. The highest BCUT2D eigenvalue weighted by molar-refractivity contribution is 7.88. The molecule has 3 aromatic rings. The molecule has 1 aromatic carbocycles. The molecule has 7 heteroatoms. The van der Waals surface area contributed by atoms with Crippen LogP contribution >= 0.6 is 12.2 Å². The fraction of sp³-hybridized carbons (Fsp3) is 0.250. The number of rotatable bonds is 3. The van der Waals surface area contributed by atoms with Crippen LogP contribution in [0.1, 0.15) is 22.6 Å². The van der Waals surface area contributed by atoms with Gasteiger partial charge in [0.25, 0.3) is 0 Å². The zero-order valence-corrected chi connectivity index (χ0v) is 14.2. The Bertz CT molecular complexity index is 925. The summed E-state index contributed by atoms with van der Waals surface area (Å²) in [6.07, 6.45) is 1.64. The van der Waals surface area contributed by atoms with Gasteiger partial charge in [-0.1, -0.05) is 17.7 Å². The van der Waals surface area contributed by atoms with E-state index in [0.717, 1.165) is 45.9 Å². The van der Waals surface area contributed by atoms with Crippen molar-refractivity contribution in [3.05, 3.63) is 46.9 Å². The van der Waals surface area contributed by atoms with Crippen molar-refractivity contribution in [2.45, 2.75) is 27.7 Å². The molecule has 0 fully saturated rings. The summed E-state index contributed by atoms with van der Waals surface area (Å²) >= 11 is 0.899. The Morgan fingerprint density at radius 3 is 2.52 bits per heavy atom. The third-order valence-corrected chi connectivity index (χ3v) is 4.42. The fourth-order valence-electron chi connectivity index (χ4n) is 2.60. The molecular weight excluding hydrogens is 310 g/mol. The molecule has 0 bridgehead atoms. The predicted octanol–water partition coefficient (Wildman–Crippen LogP) is 2.85. The smallest absolute Gasteiger partial charge is 0.287 e. The first-order valence-corrected chi connectivity index (χ1v) is 7.81. The minimum Gasteiger partial charge on any atom is -0.287 e. The van der Waals surface area contributed by atoms with Gasteiger partial charge in [0, 0.05) is 16.1 Å². The molecule has 0 radical (unpaired) electrons. The maximum atomic E-state index is 8.58. The van der Waals surface area contributed by atoms with Crippen LogP contribution in [0.5, 0.6) is 0 Å². The predicted molar refractivity (Wildman–Crippen MR) is 87.7 cm³/mol. The van der Waals surface area contributed by atoms with Gasteiger partial charge in [-0.05, 0) is 32.9 Å². The van der Waals surface area contributed by atoms with Crippen molar-refractivity contribution in [1.29, 1.82) is 5.26 Å². The minimum absolute atomic E-state index is 0.786. The van der Waals surface area contributed by atoms with E-state index in [0.29, 0.717) is 0 Å². The van der Waals surface area contributed by atoms with Crippen molar-refractivity contribution in [3.8, 4) is 11.9 Å². The molecule has 0 aliphatic carbocycles. The van der Waals surface area contributed by atoms with Crippen molar-refractivity contribution in [2.24, 2.45) is 0 Å². The lowest BCUT2D eigenvalue weighted by molar-refractivity contribution is -0.576. The molecule has 0 saturated heterocycles. The van der Waals surface area contributed by atoms with E-state index in [4.69, 9.17) is 14.5 Å². The first-order valence-electron chi connectivity index (χ1n) is 7.12. The van der Waals surface area contributed by atoms with Crippen LogP contribution in [-0.4, -0.2) is 14.9 Å². The van der Waals surface area contributed by atoms with Crippen LogP contribution in [0.2, 0.25) is 0 Å². The summed E-state index contributed by atoms with van der Waals surface area (Å²) < 4.78 is 8.27. The number of nitriles is 1. The maximum Gasteiger partial charge on any atom is 0.449 e. The average molecular weight is 326 g/mol. The number of nitrogens with zero attached hydrogens (tertiary/aromatic N) is 5. The number of hydrogen-bond acceptors (Lipinski definition) is 5. The van der Waals surface area contributed by atoms with Crippen molar-refractivity contribution in [1.82, 2.24) is 14.9 Å². The molecule has 0 N–H and O–H groups in total. The van der Waals surface area contributed by atoms with Crippen molar-refractivity contribution in [2.75, 3.05) is 0 Å². The highest BCUT2D eigenvalue weighted by atomic mass is 32.2. The standard InChI is InChI=1S/C16H16N5OS/c1-10-5-7-14(8-6-10)20-12(3)15-13(4)21(23-22-9-17)18-11(2)16(15)19-20/h5-8H,1-4H3/q+1. The van der Waals surface area contributed by atoms with E-state index in [9.17, 15) is 0 Å². The second-order valence-electron chi connectivity index (χ2n) is 5.35. The van der Waals surface area contributed by atoms with Crippen LogP contribution in [0.25, 0.3) is 16.6 Å². The van der Waals surface area contributed by atoms with Gasteiger partial charge >= 0.3 is 18.5 Å². The number of hydrogen-bond donors (Lipinski definition) is 0. The lowest BCUT2D eigenvalue weighted by Gasteiger charge is -2.04. The summed E-state index contributed by atoms with van der Waals surface area (Å²) in [5, 5.41) is 18.7. The monoisotopic (exact) mass is 326 g/mol. The van der Waals surface area contributed by atoms with E-state index in [-0.39, 0.29) is 0 Å². The highest BCUT2D eigenvalue weighted by Gasteiger charge is 2.24. The number of aryl methyl sites for hydroxylation is 4. The Labute approximate surface area is 138 Å². The van der Waals surface area contributed by atoms with Gasteiger partial charge in [0.2, 0.25) is 5.69 Å². The van der Waals surface area contributed by atoms with Crippen LogP contribution in [0, 0.1) is 39.2 Å². The summed E-state index contributed by atoms with van der Waals surface area (Å²) in [5.74, 6) is 0. The Morgan fingerprint density at radius 1 is 1.17 bits per heavy atom. The van der Waals surface area contributed by atoms with E-state index >= 15 is 0 Å². The molecule has 6 nitrogen and oxygen atoms in total. The first kappa shape index (κ1) is 15.3. The Morgan fingerprint density at radius 2 is 1.87 bits per heavy atom. The Hall–Kier alpha value is -2.59. The van der Waals surface area contributed by atoms with E-state index in [1.807, 2.05) is 37.6 Å². The van der Waals surface area contributed by atoms with Crippen LogP contribution in [-0.2, 0) is 4.18 Å². The number of benzene rings is 1. The Kier molecular flexibility index (Phi) is 3.92. The van der Waals surface area contributed by atoms with Crippen molar-refractivity contribution >= 4 is 23.1 Å². The van der Waals surface area contributed by atoms with Gasteiger partial charge < -0.3 is 0 Å². The largest absolute Gasteiger partial charge is 0.449 e. The van der Waals surface area contributed by atoms with Gasteiger partial charge in [-0.3, -0.25) is 4.18 Å². The molecule has 0 atom stereocenters. The van der Waals surface area contributed by atoms with Gasteiger partial charge in [0.05, 0.1) is 16.8 Å². The van der Waals surface area contributed by atoms with Gasteiger partial charge in [-0.15, -0.1) is 5.26 Å². The topological polar surface area (TPSA) is 67.6 Å². The molecule has 0 unspecified atom stereocenters. The normalized spacial score (nSPS) is 10.7. The molecule has 3 rings (SSSR count). The SMILES string of the molecule is Cc1ccc(-n2nc3c(C)n[n+](SOC#N)c(C)c3c2C)cc1. The van der Waals surface area contributed by atoms with Crippen LogP contribution < -0.4 is 4.09 Å². The number of fused-ring (bicyclic) bond motifs is 1. The molecule has 0 saturated carbocycles. The second kappa shape index (κ2) is 5.89. The summed E-state index contributed by atoms with van der Waals surface area (Å²) in [6, 6.07) is 8.23. The summed E-state index contributed by atoms with van der Waals surface area (Å²) in [5.41, 5.74) is 5.78. The molecule has 2 aromatic heterocycles. The van der Waals surface area contributed by atoms with Gasteiger partial charge in [0.15, 0.2) is 0 Å². The second-order valence-corrected chi connectivity index (χ2v) is 6.01. The molecule has 23 heavy (non-hydrogen) atoms. The van der Waals surface area contributed by atoms with Crippen molar-refractivity contribution in [3.63, 3.8) is 0 Å². The van der Waals surface area contributed by atoms with Crippen LogP contribution in [0.3, 0.4) is 0 Å². The minimum atomic E-state index is 0.786. The van der Waals surface area contributed by atoms with Gasteiger partial charge in [-0.2, -0.15) is 5.10 Å². The zero-order valence-electron chi connectivity index (χ0n) is 13.4. The summed E-state index contributed by atoms with van der Waals surface area (Å²) in [7, 11) is 0. The molecule has 0 spiro atoms. The Balaban J connectivity index is 2.22. The highest BCUT2D eigenvalue weighted by Crippen LogP contribution is 2.24. The van der Waals surface area contributed by atoms with E-state index in [1.54, 1.807) is 10.3 Å². The average Bonchev–Trinajstić information content (AvgIpc) is 2.89. The molecule has 0 aliphatic heterocycles. The lowest BCUT2D eigenvalue weighted by atomic mass is 10.2. The third kappa shape index (κ3) is 2.62. The maximum absolute atomic E-state index is 8.58.